The van der Waals surface area contributed by atoms with Crippen molar-refractivity contribution in [2.45, 2.75) is 38.1 Å². The van der Waals surface area contributed by atoms with E-state index in [1.807, 2.05) is 29.2 Å². The van der Waals surface area contributed by atoms with Gasteiger partial charge >= 0.3 is 0 Å². The normalized spacial score (nSPS) is 15.6. The van der Waals surface area contributed by atoms with Crippen LogP contribution in [0.15, 0.2) is 53.4 Å². The largest absolute Gasteiger partial charge is 0.302 e. The van der Waals surface area contributed by atoms with Crippen molar-refractivity contribution in [1.82, 2.24) is 0 Å². The molecule has 0 bridgehead atoms. The molecule has 0 aromatic heterocycles. The Bertz CT molecular complexity index is 839. The molecule has 1 heterocycles. The van der Waals surface area contributed by atoms with Crippen molar-refractivity contribution < 1.29 is 4.79 Å². The summed E-state index contributed by atoms with van der Waals surface area (Å²) in [6.45, 7) is 8.37. The molecule has 1 aliphatic rings. The Hall–Kier alpha value is -1.71. The molecule has 4 heteroatoms. The van der Waals surface area contributed by atoms with Gasteiger partial charge in [0.1, 0.15) is 0 Å². The zero-order chi connectivity index (χ0) is 18.2. The summed E-state index contributed by atoms with van der Waals surface area (Å²) in [5, 5.41) is 0.706. The minimum atomic E-state index is -0.343. The zero-order valence-electron chi connectivity index (χ0n) is 15.0. The number of allylic oxidation sites excluding steroid dienone is 1. The second-order valence-electron chi connectivity index (χ2n) is 6.97. The Kier molecular flexibility index (Phi) is 4.99. The number of hydrogen-bond donors (Lipinski definition) is 0. The first-order valence-electron chi connectivity index (χ1n) is 8.30. The summed E-state index contributed by atoms with van der Waals surface area (Å²) in [7, 11) is 0. The average molecular weight is 372 g/mol. The molecule has 0 aliphatic carbocycles. The Morgan fingerprint density at radius 2 is 1.80 bits per heavy atom. The summed E-state index contributed by atoms with van der Waals surface area (Å²) >= 11 is 7.46. The average Bonchev–Trinajstić information content (AvgIpc) is 2.54. The summed E-state index contributed by atoms with van der Waals surface area (Å²) in [4.78, 5) is 16.0. The van der Waals surface area contributed by atoms with Gasteiger partial charge < -0.3 is 4.90 Å². The van der Waals surface area contributed by atoms with E-state index in [0.717, 1.165) is 16.1 Å². The van der Waals surface area contributed by atoms with Gasteiger partial charge in [-0.15, -0.1) is 11.8 Å². The van der Waals surface area contributed by atoms with E-state index < -0.39 is 0 Å². The van der Waals surface area contributed by atoms with E-state index in [9.17, 15) is 4.79 Å². The molecule has 0 saturated heterocycles. The van der Waals surface area contributed by atoms with Gasteiger partial charge in [0.25, 0.3) is 0 Å². The summed E-state index contributed by atoms with van der Waals surface area (Å²) in [5.41, 5.74) is 4.22. The highest BCUT2D eigenvalue weighted by atomic mass is 35.5. The van der Waals surface area contributed by atoms with Gasteiger partial charge in [-0.05, 0) is 69.7 Å². The van der Waals surface area contributed by atoms with Crippen molar-refractivity contribution >= 4 is 40.5 Å². The van der Waals surface area contributed by atoms with Crippen molar-refractivity contribution in [2.24, 2.45) is 0 Å². The van der Waals surface area contributed by atoms with Crippen molar-refractivity contribution in [3.8, 4) is 0 Å². The van der Waals surface area contributed by atoms with Crippen LogP contribution in [0.2, 0.25) is 5.02 Å². The van der Waals surface area contributed by atoms with Gasteiger partial charge in [0.2, 0.25) is 5.91 Å². The van der Waals surface area contributed by atoms with Gasteiger partial charge in [-0.2, -0.15) is 0 Å². The highest BCUT2D eigenvalue weighted by molar-refractivity contribution is 8.00. The fraction of sp³-hybridized carbons (Fsp3) is 0.286. The van der Waals surface area contributed by atoms with Crippen LogP contribution in [0, 0.1) is 6.92 Å². The first-order valence-corrected chi connectivity index (χ1v) is 9.66. The molecule has 0 spiro atoms. The molecule has 2 aromatic rings. The molecule has 0 radical (unpaired) electrons. The van der Waals surface area contributed by atoms with E-state index in [4.69, 9.17) is 11.6 Å². The summed E-state index contributed by atoms with van der Waals surface area (Å²) < 4.78 is 0. The third-order valence-electron chi connectivity index (χ3n) is 4.39. The highest BCUT2D eigenvalue weighted by Crippen LogP contribution is 2.39. The number of hydrogen-bond acceptors (Lipinski definition) is 2. The number of carbonyl (C=O) groups is 1. The predicted molar refractivity (Wildman–Crippen MR) is 109 cm³/mol. The molecule has 3 rings (SSSR count). The van der Waals surface area contributed by atoms with Crippen molar-refractivity contribution in [2.75, 3.05) is 10.7 Å². The second-order valence-corrected chi connectivity index (χ2v) is 8.46. The van der Waals surface area contributed by atoms with Gasteiger partial charge in [0.15, 0.2) is 0 Å². The molecule has 0 atom stereocenters. The Morgan fingerprint density at radius 3 is 2.48 bits per heavy atom. The molecular weight excluding hydrogens is 350 g/mol. The van der Waals surface area contributed by atoms with Gasteiger partial charge in [-0.25, -0.2) is 0 Å². The first kappa shape index (κ1) is 18.1. The van der Waals surface area contributed by atoms with Crippen LogP contribution >= 0.6 is 23.4 Å². The Labute approximate surface area is 158 Å². The number of benzene rings is 2. The molecule has 25 heavy (non-hydrogen) atoms. The van der Waals surface area contributed by atoms with E-state index in [2.05, 4.69) is 52.0 Å². The third-order valence-corrected chi connectivity index (χ3v) is 5.64. The molecule has 0 N–H and O–H groups in total. The Morgan fingerprint density at radius 1 is 1.12 bits per heavy atom. The maximum Gasteiger partial charge on any atom is 0.238 e. The summed E-state index contributed by atoms with van der Waals surface area (Å²) in [5.74, 6) is 0.504. The zero-order valence-corrected chi connectivity index (χ0v) is 16.5. The van der Waals surface area contributed by atoms with E-state index in [1.165, 1.54) is 22.9 Å². The Balaban J connectivity index is 1.87. The third kappa shape index (κ3) is 3.78. The minimum absolute atomic E-state index is 0.110. The van der Waals surface area contributed by atoms with Crippen molar-refractivity contribution in [3.63, 3.8) is 0 Å². The SMILES string of the molecule is CC1=CC(C)(C)N(C(=O)CSc2ccc(Cl)cc2)c2ccc(C)cc21. The molecule has 2 aromatic carbocycles. The maximum absolute atomic E-state index is 13.1. The van der Waals surface area contributed by atoms with Crippen LogP contribution in [-0.4, -0.2) is 17.2 Å². The molecule has 130 valence electrons. The van der Waals surface area contributed by atoms with Gasteiger partial charge in [-0.3, -0.25) is 4.79 Å². The van der Waals surface area contributed by atoms with Gasteiger partial charge in [0.05, 0.1) is 17.0 Å². The minimum Gasteiger partial charge on any atom is -0.302 e. The molecule has 0 unspecified atom stereocenters. The lowest BCUT2D eigenvalue weighted by Crippen LogP contribution is -2.49. The molecule has 2 nitrogen and oxygen atoms in total. The van der Waals surface area contributed by atoms with Crippen molar-refractivity contribution in [1.29, 1.82) is 0 Å². The topological polar surface area (TPSA) is 20.3 Å². The number of thioether (sulfide) groups is 1. The number of aryl methyl sites for hydroxylation is 1. The fourth-order valence-electron chi connectivity index (χ4n) is 3.34. The second kappa shape index (κ2) is 6.89. The number of nitrogens with zero attached hydrogens (tertiary/aromatic N) is 1. The number of halogens is 1. The van der Waals surface area contributed by atoms with Crippen LogP contribution in [0.4, 0.5) is 5.69 Å². The van der Waals surface area contributed by atoms with Crippen LogP contribution in [-0.2, 0) is 4.79 Å². The quantitative estimate of drug-likeness (QED) is 0.619. The van der Waals surface area contributed by atoms with Crippen LogP contribution in [0.5, 0.6) is 0 Å². The first-order chi connectivity index (χ1) is 11.8. The van der Waals surface area contributed by atoms with Crippen LogP contribution in [0.1, 0.15) is 31.9 Å². The number of rotatable bonds is 3. The van der Waals surface area contributed by atoms with Crippen LogP contribution in [0.25, 0.3) is 5.57 Å². The van der Waals surface area contributed by atoms with E-state index in [0.29, 0.717) is 10.8 Å². The number of amides is 1. The highest BCUT2D eigenvalue weighted by Gasteiger charge is 2.35. The smallest absolute Gasteiger partial charge is 0.238 e. The van der Waals surface area contributed by atoms with Crippen LogP contribution in [0.3, 0.4) is 0 Å². The molecule has 1 aliphatic heterocycles. The lowest BCUT2D eigenvalue weighted by molar-refractivity contribution is -0.116. The standard InChI is InChI=1S/C21H22ClNOS/c1-14-5-10-19-18(11-14)15(2)12-21(3,4)23(19)20(24)13-25-17-8-6-16(22)7-9-17/h5-12H,13H2,1-4H3. The molecule has 0 saturated carbocycles. The summed E-state index contributed by atoms with van der Waals surface area (Å²) in [6, 6.07) is 13.9. The fourth-order valence-corrected chi connectivity index (χ4v) is 4.21. The monoisotopic (exact) mass is 371 g/mol. The molecule has 1 amide bonds. The van der Waals surface area contributed by atoms with Crippen molar-refractivity contribution in [3.05, 3.63) is 64.7 Å². The van der Waals surface area contributed by atoms with E-state index >= 15 is 0 Å². The predicted octanol–water partition coefficient (Wildman–Crippen LogP) is 5.97. The molecular formula is C21H22ClNOS. The van der Waals surface area contributed by atoms with E-state index in [-0.39, 0.29) is 11.4 Å². The lowest BCUT2D eigenvalue weighted by Gasteiger charge is -2.41. The lowest BCUT2D eigenvalue weighted by atomic mass is 9.88. The summed E-state index contributed by atoms with van der Waals surface area (Å²) in [6.07, 6.45) is 2.18. The van der Waals surface area contributed by atoms with Gasteiger partial charge in [-0.1, -0.05) is 29.3 Å². The number of carbonyl (C=O) groups excluding carboxylic acids is 1. The number of fused-ring (bicyclic) bond motifs is 1. The van der Waals surface area contributed by atoms with Crippen LogP contribution < -0.4 is 4.90 Å². The number of anilines is 1. The molecule has 0 fully saturated rings. The van der Waals surface area contributed by atoms with E-state index in [1.54, 1.807) is 0 Å². The van der Waals surface area contributed by atoms with Gasteiger partial charge in [0, 0.05) is 15.5 Å². The maximum atomic E-state index is 13.1.